The van der Waals surface area contributed by atoms with Crippen molar-refractivity contribution in [1.82, 2.24) is 15.3 Å². The molecule has 0 atom stereocenters. The first kappa shape index (κ1) is 12.5. The van der Waals surface area contributed by atoms with Crippen molar-refractivity contribution >= 4 is 22.9 Å². The van der Waals surface area contributed by atoms with Gasteiger partial charge in [0.15, 0.2) is 0 Å². The molecule has 5 nitrogen and oxygen atoms in total. The van der Waals surface area contributed by atoms with Gasteiger partial charge in [0.25, 0.3) is 5.91 Å². The van der Waals surface area contributed by atoms with Crippen molar-refractivity contribution in [2.45, 2.75) is 13.5 Å². The summed E-state index contributed by atoms with van der Waals surface area (Å²) in [6.45, 7) is 2.62. The van der Waals surface area contributed by atoms with Gasteiger partial charge in [-0.25, -0.2) is 4.98 Å². The number of nitrogens with one attached hydrogen (secondary N) is 2. The molecule has 0 fully saturated rings. The predicted octanol–water partition coefficient (Wildman–Crippen LogP) is 1.82. The van der Waals surface area contributed by atoms with Gasteiger partial charge in [0.1, 0.15) is 10.7 Å². The highest BCUT2D eigenvalue weighted by atomic mass is 32.1. The highest BCUT2D eigenvalue weighted by Crippen LogP contribution is 2.13. The van der Waals surface area contributed by atoms with Gasteiger partial charge >= 0.3 is 0 Å². The molecule has 0 aliphatic heterocycles. The largest absolute Gasteiger partial charge is 0.378 e. The zero-order valence-corrected chi connectivity index (χ0v) is 11.0. The van der Waals surface area contributed by atoms with Gasteiger partial charge < -0.3 is 10.6 Å². The van der Waals surface area contributed by atoms with Gasteiger partial charge in [0, 0.05) is 30.0 Å². The van der Waals surface area contributed by atoms with Crippen molar-refractivity contribution in [2.75, 3.05) is 12.4 Å². The average Bonchev–Trinajstić information content (AvgIpc) is 2.81. The minimum absolute atomic E-state index is 0.191. The van der Waals surface area contributed by atoms with E-state index in [1.54, 1.807) is 30.6 Å². The molecule has 0 unspecified atom stereocenters. The van der Waals surface area contributed by atoms with E-state index in [9.17, 15) is 4.79 Å². The second kappa shape index (κ2) is 5.59. The summed E-state index contributed by atoms with van der Waals surface area (Å²) in [7, 11) is 1.59. The third-order valence-electron chi connectivity index (χ3n) is 2.33. The number of aromatic nitrogens is 2. The lowest BCUT2D eigenvalue weighted by atomic mass is 10.3. The van der Waals surface area contributed by atoms with E-state index < -0.39 is 0 Å². The third-order valence-corrected chi connectivity index (χ3v) is 3.30. The van der Waals surface area contributed by atoms with E-state index in [1.807, 2.05) is 18.4 Å². The molecule has 94 valence electrons. The number of carbonyl (C=O) groups is 1. The fraction of sp³-hybridized carbons (Fsp3) is 0.250. The number of rotatable bonds is 4. The maximum Gasteiger partial charge on any atom is 0.269 e. The van der Waals surface area contributed by atoms with Crippen LogP contribution in [0.5, 0.6) is 0 Å². The molecule has 2 heterocycles. The van der Waals surface area contributed by atoms with Crippen LogP contribution in [0.3, 0.4) is 0 Å². The summed E-state index contributed by atoms with van der Waals surface area (Å²) in [4.78, 5) is 19.8. The first-order valence-corrected chi connectivity index (χ1v) is 6.40. The van der Waals surface area contributed by atoms with Crippen LogP contribution < -0.4 is 10.6 Å². The number of nitrogens with zero attached hydrogens (tertiary/aromatic N) is 2. The maximum atomic E-state index is 11.4. The van der Waals surface area contributed by atoms with Gasteiger partial charge in [-0.3, -0.25) is 9.78 Å². The molecule has 0 radical (unpaired) electrons. The minimum atomic E-state index is -0.191. The third kappa shape index (κ3) is 3.04. The Kier molecular flexibility index (Phi) is 3.88. The Morgan fingerprint density at radius 3 is 3.00 bits per heavy atom. The van der Waals surface area contributed by atoms with Crippen LogP contribution in [0.1, 0.15) is 21.2 Å². The number of pyridine rings is 1. The van der Waals surface area contributed by atoms with E-state index in [1.165, 1.54) is 0 Å². The number of hydrogen-bond donors (Lipinski definition) is 2. The van der Waals surface area contributed by atoms with Gasteiger partial charge in [-0.15, -0.1) is 11.3 Å². The smallest absolute Gasteiger partial charge is 0.269 e. The Morgan fingerprint density at radius 2 is 2.33 bits per heavy atom. The van der Waals surface area contributed by atoms with E-state index in [-0.39, 0.29) is 5.91 Å². The maximum absolute atomic E-state index is 11.4. The second-order valence-electron chi connectivity index (χ2n) is 3.75. The molecule has 2 aromatic rings. The topological polar surface area (TPSA) is 66.9 Å². The molecule has 2 N–H and O–H groups in total. The molecule has 0 saturated carbocycles. The normalized spacial score (nSPS) is 10.1. The number of amides is 1. The van der Waals surface area contributed by atoms with Crippen LogP contribution in [0.25, 0.3) is 0 Å². The van der Waals surface area contributed by atoms with Crippen LogP contribution in [-0.4, -0.2) is 22.9 Å². The molecule has 2 rings (SSSR count). The van der Waals surface area contributed by atoms with Crippen molar-refractivity contribution in [2.24, 2.45) is 0 Å². The van der Waals surface area contributed by atoms with Crippen LogP contribution in [-0.2, 0) is 6.54 Å². The summed E-state index contributed by atoms with van der Waals surface area (Å²) in [5.41, 5.74) is 2.28. The van der Waals surface area contributed by atoms with E-state index in [2.05, 4.69) is 20.6 Å². The molecule has 2 aromatic heterocycles. The summed E-state index contributed by atoms with van der Waals surface area (Å²) in [5, 5.41) is 8.80. The molecular weight excluding hydrogens is 248 g/mol. The van der Waals surface area contributed by atoms with Crippen LogP contribution in [0.2, 0.25) is 0 Å². The molecule has 0 aliphatic rings. The molecule has 0 bridgehead atoms. The summed E-state index contributed by atoms with van der Waals surface area (Å²) in [6.07, 6.45) is 1.61. The molecule has 0 saturated heterocycles. The highest BCUT2D eigenvalue weighted by molar-refractivity contribution is 7.09. The predicted molar refractivity (Wildman–Crippen MR) is 71.8 cm³/mol. The number of aryl methyl sites for hydroxylation is 1. The summed E-state index contributed by atoms with van der Waals surface area (Å²) in [5.74, 6) is -0.191. The Balaban J connectivity index is 2.03. The summed E-state index contributed by atoms with van der Waals surface area (Å²) in [6, 6.07) is 3.55. The van der Waals surface area contributed by atoms with Gasteiger partial charge in [0.05, 0.1) is 6.54 Å². The van der Waals surface area contributed by atoms with Gasteiger partial charge in [-0.05, 0) is 19.1 Å². The second-order valence-corrected chi connectivity index (χ2v) is 4.69. The lowest BCUT2D eigenvalue weighted by Crippen LogP contribution is -2.19. The van der Waals surface area contributed by atoms with Crippen molar-refractivity contribution in [3.05, 3.63) is 40.1 Å². The zero-order chi connectivity index (χ0) is 13.0. The first-order valence-electron chi connectivity index (χ1n) is 5.52. The van der Waals surface area contributed by atoms with Crippen LogP contribution in [0.15, 0.2) is 23.7 Å². The quantitative estimate of drug-likeness (QED) is 0.882. The summed E-state index contributed by atoms with van der Waals surface area (Å²) < 4.78 is 0. The Bertz CT molecular complexity index is 553. The van der Waals surface area contributed by atoms with Crippen LogP contribution in [0.4, 0.5) is 5.69 Å². The summed E-state index contributed by atoms with van der Waals surface area (Å²) >= 11 is 1.62. The van der Waals surface area contributed by atoms with Crippen molar-refractivity contribution < 1.29 is 4.79 Å². The lowest BCUT2D eigenvalue weighted by Gasteiger charge is -2.05. The van der Waals surface area contributed by atoms with Crippen molar-refractivity contribution in [1.29, 1.82) is 0 Å². The fourth-order valence-electron chi connectivity index (χ4n) is 1.45. The molecule has 0 aromatic carbocycles. The molecule has 18 heavy (non-hydrogen) atoms. The molecule has 0 spiro atoms. The number of thiazole rings is 1. The van der Waals surface area contributed by atoms with Gasteiger partial charge in [0.2, 0.25) is 0 Å². The van der Waals surface area contributed by atoms with Crippen LogP contribution >= 0.6 is 11.3 Å². The van der Waals surface area contributed by atoms with E-state index in [0.29, 0.717) is 12.2 Å². The minimum Gasteiger partial charge on any atom is -0.378 e. The Morgan fingerprint density at radius 1 is 1.50 bits per heavy atom. The number of hydrogen-bond acceptors (Lipinski definition) is 5. The van der Waals surface area contributed by atoms with Gasteiger partial charge in [-0.2, -0.15) is 0 Å². The van der Waals surface area contributed by atoms with E-state index in [0.717, 1.165) is 16.4 Å². The van der Waals surface area contributed by atoms with Crippen LogP contribution in [0, 0.1) is 6.92 Å². The molecule has 0 aliphatic carbocycles. The zero-order valence-electron chi connectivity index (χ0n) is 10.2. The Labute approximate surface area is 109 Å². The lowest BCUT2D eigenvalue weighted by molar-refractivity contribution is 0.0958. The van der Waals surface area contributed by atoms with Crippen molar-refractivity contribution in [3.63, 3.8) is 0 Å². The number of anilines is 1. The molecule has 1 amide bonds. The monoisotopic (exact) mass is 262 g/mol. The van der Waals surface area contributed by atoms with E-state index in [4.69, 9.17) is 0 Å². The average molecular weight is 262 g/mol. The Hall–Kier alpha value is -1.95. The van der Waals surface area contributed by atoms with E-state index >= 15 is 0 Å². The SMILES string of the molecule is CNC(=O)c1cc(NCc2nc(C)cs2)ccn1. The highest BCUT2D eigenvalue weighted by Gasteiger charge is 2.05. The van der Waals surface area contributed by atoms with Gasteiger partial charge in [-0.1, -0.05) is 0 Å². The first-order chi connectivity index (χ1) is 8.69. The van der Waals surface area contributed by atoms with Crippen molar-refractivity contribution in [3.8, 4) is 0 Å². The molecule has 6 heteroatoms. The molecular formula is C12H14N4OS. The fourth-order valence-corrected chi connectivity index (χ4v) is 2.17. The number of carbonyl (C=O) groups excluding carboxylic acids is 1. The standard InChI is InChI=1S/C12H14N4OS/c1-8-7-18-11(16-8)6-15-9-3-4-14-10(5-9)12(17)13-2/h3-5,7H,6H2,1-2H3,(H,13,17)(H,14,15).